The van der Waals surface area contributed by atoms with E-state index in [0.717, 1.165) is 28.0 Å². The summed E-state index contributed by atoms with van der Waals surface area (Å²) < 4.78 is 1.49. The summed E-state index contributed by atoms with van der Waals surface area (Å²) in [6.07, 6.45) is 1.48. The topological polar surface area (TPSA) is 101 Å². The molecule has 0 saturated carbocycles. The summed E-state index contributed by atoms with van der Waals surface area (Å²) in [6, 6.07) is 0. The van der Waals surface area contributed by atoms with Gasteiger partial charge in [0.1, 0.15) is 4.83 Å². The molecule has 1 aliphatic heterocycles. The molecule has 132 valence electrons. The number of imide groups is 1. The Morgan fingerprint density at radius 2 is 2.12 bits per heavy atom. The Morgan fingerprint density at radius 3 is 2.76 bits per heavy atom. The minimum atomic E-state index is -0.338. The van der Waals surface area contributed by atoms with Crippen molar-refractivity contribution in [1.29, 1.82) is 0 Å². The van der Waals surface area contributed by atoms with Crippen LogP contribution in [-0.2, 0) is 11.3 Å². The first kappa shape index (κ1) is 17.6. The molecule has 3 rings (SSSR count). The van der Waals surface area contributed by atoms with Gasteiger partial charge in [-0.3, -0.25) is 28.6 Å². The number of nitrogens with one attached hydrogen (secondary N) is 1. The van der Waals surface area contributed by atoms with Crippen LogP contribution in [0.15, 0.2) is 11.1 Å². The molecule has 0 radical (unpaired) electrons. The van der Waals surface area contributed by atoms with Crippen molar-refractivity contribution in [3.05, 3.63) is 27.1 Å². The average Bonchev–Trinajstić information content (AvgIpc) is 3.09. The third-order valence-corrected chi connectivity index (χ3v) is 5.98. The Balaban J connectivity index is 1.75. The number of aryl methyl sites for hydroxylation is 2. The van der Waals surface area contributed by atoms with Crippen LogP contribution in [0.5, 0.6) is 0 Å². The molecule has 25 heavy (non-hydrogen) atoms. The quantitative estimate of drug-likeness (QED) is 0.837. The van der Waals surface area contributed by atoms with Crippen molar-refractivity contribution in [3.8, 4) is 0 Å². The van der Waals surface area contributed by atoms with Gasteiger partial charge in [0, 0.05) is 19.6 Å². The molecule has 0 bridgehead atoms. The lowest BCUT2D eigenvalue weighted by Crippen LogP contribution is -2.37. The highest BCUT2D eigenvalue weighted by Gasteiger charge is 2.29. The number of carbonyl (C=O) groups excluding carboxylic acids is 3. The molecule has 3 heterocycles. The van der Waals surface area contributed by atoms with Crippen LogP contribution >= 0.6 is 23.1 Å². The minimum absolute atomic E-state index is 0.140. The van der Waals surface area contributed by atoms with Gasteiger partial charge in [0.25, 0.3) is 16.7 Å². The monoisotopic (exact) mass is 380 g/mol. The number of hydrogen-bond acceptors (Lipinski definition) is 7. The van der Waals surface area contributed by atoms with Crippen molar-refractivity contribution in [2.75, 3.05) is 18.8 Å². The van der Waals surface area contributed by atoms with Gasteiger partial charge in [-0.15, -0.1) is 11.3 Å². The first-order chi connectivity index (χ1) is 11.9. The molecule has 0 aliphatic carbocycles. The zero-order valence-electron chi connectivity index (χ0n) is 13.7. The molecule has 0 spiro atoms. The van der Waals surface area contributed by atoms with Gasteiger partial charge < -0.3 is 5.32 Å². The van der Waals surface area contributed by atoms with Crippen molar-refractivity contribution < 1.29 is 14.4 Å². The van der Waals surface area contributed by atoms with Gasteiger partial charge >= 0.3 is 0 Å². The van der Waals surface area contributed by atoms with Gasteiger partial charge in [0.2, 0.25) is 5.91 Å². The number of carbonyl (C=O) groups is 3. The van der Waals surface area contributed by atoms with Crippen LogP contribution in [-0.4, -0.2) is 50.3 Å². The zero-order chi connectivity index (χ0) is 18.1. The van der Waals surface area contributed by atoms with E-state index < -0.39 is 0 Å². The molecule has 10 heteroatoms. The lowest BCUT2D eigenvalue weighted by atomic mass is 10.2. The van der Waals surface area contributed by atoms with E-state index >= 15 is 0 Å². The van der Waals surface area contributed by atoms with Crippen LogP contribution in [0, 0.1) is 6.92 Å². The fourth-order valence-electron chi connectivity index (χ4n) is 2.56. The Hall–Kier alpha value is -2.20. The highest BCUT2D eigenvalue weighted by molar-refractivity contribution is 8.14. The van der Waals surface area contributed by atoms with E-state index in [4.69, 9.17) is 0 Å². The van der Waals surface area contributed by atoms with E-state index in [9.17, 15) is 19.2 Å². The molecule has 1 fully saturated rings. The van der Waals surface area contributed by atoms with E-state index in [2.05, 4.69) is 10.3 Å². The third-order valence-electron chi connectivity index (χ3n) is 3.93. The summed E-state index contributed by atoms with van der Waals surface area (Å²) in [6.45, 7) is 4.39. The standard InChI is InChI=1S/C15H16N4O4S2/c1-3-18-7-17-13-10(14(18)22)8(2)11(25-13)12(21)16-4-5-19-9(20)6-24-15(19)23/h7H,3-6H2,1-2H3,(H,16,21). The smallest absolute Gasteiger partial charge is 0.288 e. The molecule has 0 unspecified atom stereocenters. The lowest BCUT2D eigenvalue weighted by Gasteiger charge is -2.12. The number of rotatable bonds is 5. The van der Waals surface area contributed by atoms with Crippen molar-refractivity contribution in [3.63, 3.8) is 0 Å². The van der Waals surface area contributed by atoms with Gasteiger partial charge in [-0.2, -0.15) is 0 Å². The maximum absolute atomic E-state index is 12.4. The summed E-state index contributed by atoms with van der Waals surface area (Å²) in [5, 5.41) is 2.87. The van der Waals surface area contributed by atoms with Crippen LogP contribution in [0.3, 0.4) is 0 Å². The van der Waals surface area contributed by atoms with Crippen LogP contribution in [0.1, 0.15) is 22.2 Å². The average molecular weight is 380 g/mol. The van der Waals surface area contributed by atoms with Gasteiger partial charge in [0.05, 0.1) is 22.3 Å². The van der Waals surface area contributed by atoms with Crippen molar-refractivity contribution in [2.45, 2.75) is 20.4 Å². The third kappa shape index (κ3) is 3.19. The highest BCUT2D eigenvalue weighted by Crippen LogP contribution is 2.26. The molecule has 1 aliphatic rings. The number of hydrogen-bond donors (Lipinski definition) is 1. The van der Waals surface area contributed by atoms with E-state index in [1.165, 1.54) is 10.9 Å². The number of nitrogens with zero attached hydrogens (tertiary/aromatic N) is 3. The van der Waals surface area contributed by atoms with E-state index in [-0.39, 0.29) is 41.5 Å². The van der Waals surface area contributed by atoms with E-state index in [1.54, 1.807) is 6.92 Å². The molecule has 3 amide bonds. The Kier molecular flexibility index (Phi) is 4.91. The molecular weight excluding hydrogens is 364 g/mol. The molecule has 1 N–H and O–H groups in total. The zero-order valence-corrected chi connectivity index (χ0v) is 15.3. The predicted molar refractivity (Wildman–Crippen MR) is 96.2 cm³/mol. The number of aromatic nitrogens is 2. The predicted octanol–water partition coefficient (Wildman–Crippen LogP) is 1.21. The van der Waals surface area contributed by atoms with Crippen molar-refractivity contribution in [1.82, 2.24) is 19.8 Å². The Bertz CT molecular complexity index is 917. The summed E-state index contributed by atoms with van der Waals surface area (Å²) >= 11 is 2.12. The summed E-state index contributed by atoms with van der Waals surface area (Å²) in [5.41, 5.74) is 0.437. The normalized spacial score (nSPS) is 14.6. The van der Waals surface area contributed by atoms with Crippen molar-refractivity contribution >= 4 is 50.4 Å². The summed E-state index contributed by atoms with van der Waals surface area (Å²) in [5.74, 6) is -0.432. The Labute approximate surface area is 151 Å². The molecule has 8 nitrogen and oxygen atoms in total. The molecule has 0 atom stereocenters. The molecule has 2 aromatic heterocycles. The van der Waals surface area contributed by atoms with Gasteiger partial charge in [-0.25, -0.2) is 4.98 Å². The number of fused-ring (bicyclic) bond motifs is 1. The molecular formula is C15H16N4O4S2. The molecule has 0 aromatic carbocycles. The number of thiophene rings is 1. The van der Waals surface area contributed by atoms with Gasteiger partial charge in [0.15, 0.2) is 0 Å². The first-order valence-electron chi connectivity index (χ1n) is 7.68. The second-order valence-electron chi connectivity index (χ2n) is 5.43. The highest BCUT2D eigenvalue weighted by atomic mass is 32.2. The fourth-order valence-corrected chi connectivity index (χ4v) is 4.37. The molecule has 2 aromatic rings. The largest absolute Gasteiger partial charge is 0.350 e. The number of thioether (sulfide) groups is 1. The minimum Gasteiger partial charge on any atom is -0.350 e. The fraction of sp³-hybridized carbons (Fsp3) is 0.400. The van der Waals surface area contributed by atoms with Crippen LogP contribution in [0.4, 0.5) is 4.79 Å². The number of amides is 3. The van der Waals surface area contributed by atoms with E-state index in [1.807, 2.05) is 6.92 Å². The second-order valence-corrected chi connectivity index (χ2v) is 7.35. The van der Waals surface area contributed by atoms with E-state index in [0.29, 0.717) is 27.2 Å². The first-order valence-corrected chi connectivity index (χ1v) is 9.48. The molecule has 1 saturated heterocycles. The van der Waals surface area contributed by atoms with Gasteiger partial charge in [-0.1, -0.05) is 11.8 Å². The maximum atomic E-state index is 12.4. The van der Waals surface area contributed by atoms with Crippen LogP contribution < -0.4 is 10.9 Å². The van der Waals surface area contributed by atoms with Gasteiger partial charge in [-0.05, 0) is 19.4 Å². The summed E-state index contributed by atoms with van der Waals surface area (Å²) in [7, 11) is 0. The second kappa shape index (κ2) is 6.96. The SMILES string of the molecule is CCn1cnc2sc(C(=O)NCCN3C(=O)CSC3=O)c(C)c2c1=O. The maximum Gasteiger partial charge on any atom is 0.288 e. The van der Waals surface area contributed by atoms with Crippen LogP contribution in [0.25, 0.3) is 10.2 Å². The lowest BCUT2D eigenvalue weighted by molar-refractivity contribution is -0.124. The van der Waals surface area contributed by atoms with Crippen molar-refractivity contribution in [2.24, 2.45) is 0 Å². The summed E-state index contributed by atoms with van der Waals surface area (Å²) in [4.78, 5) is 54.2. The van der Waals surface area contributed by atoms with Crippen LogP contribution in [0.2, 0.25) is 0 Å². The Morgan fingerprint density at radius 1 is 1.36 bits per heavy atom.